The van der Waals surface area contributed by atoms with Crippen LogP contribution in [0.2, 0.25) is 10.0 Å². The van der Waals surface area contributed by atoms with Gasteiger partial charge < -0.3 is 24.9 Å². The van der Waals surface area contributed by atoms with E-state index in [0.29, 0.717) is 26.7 Å². The Labute approximate surface area is 222 Å². The highest BCUT2D eigenvalue weighted by molar-refractivity contribution is 6.32. The van der Waals surface area contributed by atoms with Crippen molar-refractivity contribution in [2.45, 2.75) is 38.6 Å². The number of carbonyl (C=O) groups excluding carboxylic acids is 2. The molecule has 0 unspecified atom stereocenters. The van der Waals surface area contributed by atoms with Crippen molar-refractivity contribution in [3.63, 3.8) is 0 Å². The van der Waals surface area contributed by atoms with Gasteiger partial charge in [-0.05, 0) is 42.7 Å². The predicted octanol–water partition coefficient (Wildman–Crippen LogP) is 3.67. The van der Waals surface area contributed by atoms with Crippen LogP contribution in [0.3, 0.4) is 0 Å². The van der Waals surface area contributed by atoms with Crippen molar-refractivity contribution in [3.05, 3.63) is 73.6 Å². The van der Waals surface area contributed by atoms with E-state index >= 15 is 0 Å². The molecule has 0 aliphatic heterocycles. The van der Waals surface area contributed by atoms with E-state index in [1.165, 1.54) is 13.2 Å². The monoisotopic (exact) mass is 548 g/mol. The molecule has 11 heteroatoms. The number of carboxylic acid groups (broad SMARTS) is 1. The molecule has 0 spiro atoms. The van der Waals surface area contributed by atoms with Crippen molar-refractivity contribution >= 4 is 52.0 Å². The maximum Gasteiger partial charge on any atom is 0.340 e. The third-order valence-corrected chi connectivity index (χ3v) is 6.32. The number of halogens is 2. The molecule has 3 aromatic rings. The highest BCUT2D eigenvalue weighted by Gasteiger charge is 2.23. The Kier molecular flexibility index (Phi) is 9.54. The SMILES string of the molecule is COc1cc2oc(=O)c(CC(=O)N[C@@H](Cc3ccc(Cl)cc3)C(=O)NCCCC(=O)O)c(C)c2cc1Cl. The van der Waals surface area contributed by atoms with Crippen LogP contribution in [-0.2, 0) is 27.2 Å². The minimum Gasteiger partial charge on any atom is -0.495 e. The fourth-order valence-corrected chi connectivity index (χ4v) is 4.16. The van der Waals surface area contributed by atoms with Gasteiger partial charge in [0.15, 0.2) is 0 Å². The zero-order chi connectivity index (χ0) is 27.1. The van der Waals surface area contributed by atoms with Crippen LogP contribution in [0.25, 0.3) is 11.0 Å². The molecule has 0 saturated heterocycles. The molecule has 37 heavy (non-hydrogen) atoms. The average Bonchev–Trinajstić information content (AvgIpc) is 2.85. The van der Waals surface area contributed by atoms with E-state index < -0.39 is 29.5 Å². The van der Waals surface area contributed by atoms with Gasteiger partial charge in [-0.2, -0.15) is 0 Å². The molecule has 1 heterocycles. The number of nitrogens with one attached hydrogen (secondary N) is 2. The number of hydrogen-bond acceptors (Lipinski definition) is 6. The second-order valence-electron chi connectivity index (χ2n) is 8.39. The van der Waals surface area contributed by atoms with Crippen molar-refractivity contribution in [2.24, 2.45) is 0 Å². The molecule has 196 valence electrons. The molecular formula is C26H26Cl2N2O7. The third kappa shape index (κ3) is 7.47. The molecule has 0 bridgehead atoms. The maximum absolute atomic E-state index is 13.0. The van der Waals surface area contributed by atoms with Crippen LogP contribution in [0.1, 0.15) is 29.5 Å². The number of ether oxygens (including phenoxy) is 1. The summed E-state index contributed by atoms with van der Waals surface area (Å²) in [6.07, 6.45) is -0.0136. The zero-order valence-electron chi connectivity index (χ0n) is 20.2. The Hall–Kier alpha value is -3.56. The number of benzene rings is 2. The lowest BCUT2D eigenvalue weighted by Gasteiger charge is -2.19. The summed E-state index contributed by atoms with van der Waals surface area (Å²) in [5, 5.41) is 15.5. The number of carboxylic acids is 1. The molecule has 9 nitrogen and oxygen atoms in total. The van der Waals surface area contributed by atoms with Crippen LogP contribution >= 0.6 is 23.2 Å². The number of aliphatic carboxylic acids is 1. The molecule has 1 aromatic heterocycles. The summed E-state index contributed by atoms with van der Waals surface area (Å²) >= 11 is 12.2. The van der Waals surface area contributed by atoms with Gasteiger partial charge in [0.1, 0.15) is 17.4 Å². The average molecular weight is 549 g/mol. The number of hydrogen-bond donors (Lipinski definition) is 3. The van der Waals surface area contributed by atoms with Gasteiger partial charge in [-0.15, -0.1) is 0 Å². The maximum atomic E-state index is 13.0. The Morgan fingerprint density at radius 3 is 2.49 bits per heavy atom. The number of methoxy groups -OCH3 is 1. The van der Waals surface area contributed by atoms with E-state index in [1.807, 2.05) is 0 Å². The fourth-order valence-electron chi connectivity index (χ4n) is 3.80. The van der Waals surface area contributed by atoms with Crippen LogP contribution in [-0.4, -0.2) is 42.6 Å². The zero-order valence-corrected chi connectivity index (χ0v) is 21.7. The van der Waals surface area contributed by atoms with Crippen molar-refractivity contribution in [3.8, 4) is 5.75 Å². The van der Waals surface area contributed by atoms with Gasteiger partial charge in [-0.25, -0.2) is 4.79 Å². The first kappa shape index (κ1) is 28.0. The Balaban J connectivity index is 1.80. The molecule has 1 atom stereocenters. The summed E-state index contributed by atoms with van der Waals surface area (Å²) in [6.45, 7) is 1.82. The van der Waals surface area contributed by atoms with Gasteiger partial charge in [-0.1, -0.05) is 35.3 Å². The normalized spacial score (nSPS) is 11.7. The fraction of sp³-hybridized carbons (Fsp3) is 0.308. The smallest absolute Gasteiger partial charge is 0.340 e. The Morgan fingerprint density at radius 1 is 1.14 bits per heavy atom. The van der Waals surface area contributed by atoms with Crippen molar-refractivity contribution in [1.29, 1.82) is 0 Å². The molecule has 0 aliphatic carbocycles. The molecule has 0 fully saturated rings. The third-order valence-electron chi connectivity index (χ3n) is 5.77. The summed E-state index contributed by atoms with van der Waals surface area (Å²) in [4.78, 5) is 49.2. The van der Waals surface area contributed by atoms with E-state index in [9.17, 15) is 19.2 Å². The largest absolute Gasteiger partial charge is 0.495 e. The van der Waals surface area contributed by atoms with Crippen LogP contribution in [0.5, 0.6) is 5.75 Å². The van der Waals surface area contributed by atoms with Crippen molar-refractivity contribution in [2.75, 3.05) is 13.7 Å². The lowest BCUT2D eigenvalue weighted by atomic mass is 10.0. The van der Waals surface area contributed by atoms with Crippen LogP contribution in [0.4, 0.5) is 0 Å². The standard InChI is InChI=1S/C26H26Cl2N2O7/c1-14-17-11-19(28)22(36-2)13-21(17)37-26(35)18(14)12-23(31)30-20(10-15-5-7-16(27)8-6-15)25(34)29-9-3-4-24(32)33/h5-8,11,13,20H,3-4,9-10,12H2,1-2H3,(H,29,34)(H,30,31)(H,32,33)/t20-/m0/s1. The second kappa shape index (κ2) is 12.6. The summed E-state index contributed by atoms with van der Waals surface area (Å²) in [7, 11) is 1.44. The van der Waals surface area contributed by atoms with Gasteiger partial charge in [0.25, 0.3) is 0 Å². The Bertz CT molecular complexity index is 1370. The van der Waals surface area contributed by atoms with Crippen LogP contribution in [0, 0.1) is 6.92 Å². The first-order valence-electron chi connectivity index (χ1n) is 11.4. The lowest BCUT2D eigenvalue weighted by molar-refractivity contribution is -0.137. The lowest BCUT2D eigenvalue weighted by Crippen LogP contribution is -2.49. The van der Waals surface area contributed by atoms with E-state index in [2.05, 4.69) is 10.6 Å². The van der Waals surface area contributed by atoms with E-state index in [4.69, 9.17) is 37.5 Å². The molecule has 0 radical (unpaired) electrons. The van der Waals surface area contributed by atoms with E-state index in [-0.39, 0.29) is 43.4 Å². The minimum absolute atomic E-state index is 0.0958. The number of rotatable bonds is 11. The molecule has 2 amide bonds. The molecule has 3 N–H and O–H groups in total. The minimum atomic E-state index is -0.968. The number of fused-ring (bicyclic) bond motifs is 1. The molecule has 0 saturated carbocycles. The topological polar surface area (TPSA) is 135 Å². The highest BCUT2D eigenvalue weighted by Crippen LogP contribution is 2.31. The number of aryl methyl sites for hydroxylation is 1. The molecule has 2 aromatic carbocycles. The van der Waals surface area contributed by atoms with Crippen LogP contribution < -0.4 is 21.0 Å². The summed E-state index contributed by atoms with van der Waals surface area (Å²) in [6, 6.07) is 8.95. The molecular weight excluding hydrogens is 523 g/mol. The summed E-state index contributed by atoms with van der Waals surface area (Å²) < 4.78 is 10.6. The van der Waals surface area contributed by atoms with Gasteiger partial charge in [0.05, 0.1) is 24.1 Å². The van der Waals surface area contributed by atoms with Crippen molar-refractivity contribution < 1.29 is 28.6 Å². The number of amides is 2. The predicted molar refractivity (Wildman–Crippen MR) is 139 cm³/mol. The molecule has 0 aliphatic rings. The summed E-state index contributed by atoms with van der Waals surface area (Å²) in [5.41, 5.74) is 1.00. The van der Waals surface area contributed by atoms with Gasteiger partial charge in [0, 0.05) is 35.9 Å². The van der Waals surface area contributed by atoms with Gasteiger partial charge in [0.2, 0.25) is 11.8 Å². The van der Waals surface area contributed by atoms with Gasteiger partial charge in [-0.3, -0.25) is 14.4 Å². The highest BCUT2D eigenvalue weighted by atomic mass is 35.5. The Morgan fingerprint density at radius 2 is 1.84 bits per heavy atom. The first-order chi connectivity index (χ1) is 17.6. The first-order valence-corrected chi connectivity index (χ1v) is 12.2. The summed E-state index contributed by atoms with van der Waals surface area (Å²) in [5.74, 6) is -1.66. The van der Waals surface area contributed by atoms with Gasteiger partial charge >= 0.3 is 11.6 Å². The quantitative estimate of drug-likeness (QED) is 0.245. The van der Waals surface area contributed by atoms with Crippen molar-refractivity contribution in [1.82, 2.24) is 10.6 Å². The van der Waals surface area contributed by atoms with E-state index in [0.717, 1.165) is 5.56 Å². The molecule has 3 rings (SSSR count). The second-order valence-corrected chi connectivity index (χ2v) is 9.24. The number of carbonyl (C=O) groups is 3. The van der Waals surface area contributed by atoms with E-state index in [1.54, 1.807) is 37.3 Å². The van der Waals surface area contributed by atoms with Crippen LogP contribution in [0.15, 0.2) is 45.6 Å².